The highest BCUT2D eigenvalue weighted by Crippen LogP contribution is 2.35. The molecule has 0 spiro atoms. The van der Waals surface area contributed by atoms with Gasteiger partial charge in [-0.05, 0) is 19.9 Å². The summed E-state index contributed by atoms with van der Waals surface area (Å²) < 4.78 is 46.7. The van der Waals surface area contributed by atoms with Crippen molar-refractivity contribution in [1.29, 1.82) is 0 Å². The van der Waals surface area contributed by atoms with Gasteiger partial charge in [-0.25, -0.2) is 9.48 Å². The average Bonchev–Trinajstić information content (AvgIpc) is 2.78. The quantitative estimate of drug-likeness (QED) is 0.727. The summed E-state index contributed by atoms with van der Waals surface area (Å²) in [6, 6.07) is 3.37. The van der Waals surface area contributed by atoms with E-state index in [1.54, 1.807) is 13.8 Å². The Kier molecular flexibility index (Phi) is 5.29. The van der Waals surface area contributed by atoms with Crippen LogP contribution in [0.3, 0.4) is 0 Å². The minimum atomic E-state index is -4.87. The molecular weight excluding hydrogens is 372 g/mol. The van der Waals surface area contributed by atoms with Crippen molar-refractivity contribution in [2.24, 2.45) is 0 Å². The fourth-order valence-corrected chi connectivity index (χ4v) is 2.57. The highest BCUT2D eigenvalue weighted by molar-refractivity contribution is 6.38. The van der Waals surface area contributed by atoms with Crippen molar-refractivity contribution in [2.45, 2.75) is 20.2 Å². The summed E-state index contributed by atoms with van der Waals surface area (Å²) in [6.07, 6.45) is -4.87. The van der Waals surface area contributed by atoms with Crippen LogP contribution < -0.4 is 4.74 Å². The fourth-order valence-electron chi connectivity index (χ4n) is 1.94. The average molecular weight is 383 g/mol. The van der Waals surface area contributed by atoms with Crippen LogP contribution in [-0.2, 0) is 4.74 Å². The maximum absolute atomic E-state index is 12.3. The van der Waals surface area contributed by atoms with E-state index in [9.17, 15) is 18.0 Å². The number of hydrogen-bond donors (Lipinski definition) is 0. The normalized spacial score (nSPS) is 11.5. The number of rotatable bonds is 4. The van der Waals surface area contributed by atoms with Gasteiger partial charge in [0.15, 0.2) is 5.69 Å². The number of halogens is 5. The van der Waals surface area contributed by atoms with Crippen molar-refractivity contribution in [3.8, 4) is 11.4 Å². The molecule has 1 heterocycles. The molecule has 0 fully saturated rings. The van der Waals surface area contributed by atoms with Crippen LogP contribution in [0.4, 0.5) is 13.2 Å². The lowest BCUT2D eigenvalue weighted by atomic mass is 10.3. The van der Waals surface area contributed by atoms with E-state index in [4.69, 9.17) is 27.9 Å². The van der Waals surface area contributed by atoms with E-state index >= 15 is 0 Å². The van der Waals surface area contributed by atoms with Crippen LogP contribution in [0.5, 0.6) is 5.75 Å². The molecule has 0 N–H and O–H groups in total. The standard InChI is InChI=1S/C14H11Cl2F3N2O3/c1-3-23-13(22)11-4-7(2)21(20-11)12-9(15)5-8(6-10(12)16)24-14(17,18)19/h4-6H,3H2,1-2H3. The molecule has 24 heavy (non-hydrogen) atoms. The van der Waals surface area contributed by atoms with Gasteiger partial charge in [0.1, 0.15) is 11.4 Å². The summed E-state index contributed by atoms with van der Waals surface area (Å²) in [5.74, 6) is -1.19. The first-order chi connectivity index (χ1) is 11.1. The number of nitrogens with zero attached hydrogens (tertiary/aromatic N) is 2. The molecule has 0 amide bonds. The Labute approximate surface area is 144 Å². The Morgan fingerprint density at radius 2 is 1.83 bits per heavy atom. The smallest absolute Gasteiger partial charge is 0.461 e. The second-order valence-electron chi connectivity index (χ2n) is 4.59. The second-order valence-corrected chi connectivity index (χ2v) is 5.40. The Morgan fingerprint density at radius 1 is 1.25 bits per heavy atom. The number of benzene rings is 1. The summed E-state index contributed by atoms with van der Waals surface area (Å²) in [6.45, 7) is 3.45. The second kappa shape index (κ2) is 6.90. The zero-order chi connectivity index (χ0) is 18.1. The summed E-state index contributed by atoms with van der Waals surface area (Å²) in [5.41, 5.74) is 0.643. The molecule has 130 valence electrons. The number of aromatic nitrogens is 2. The third-order valence-corrected chi connectivity index (χ3v) is 3.38. The predicted octanol–water partition coefficient (Wildman–Crippen LogP) is 4.56. The molecule has 0 radical (unpaired) electrons. The molecule has 0 saturated heterocycles. The van der Waals surface area contributed by atoms with E-state index in [2.05, 4.69) is 9.84 Å². The molecule has 0 atom stereocenters. The minimum Gasteiger partial charge on any atom is -0.461 e. The van der Waals surface area contributed by atoms with Gasteiger partial charge in [0.05, 0.1) is 16.7 Å². The topological polar surface area (TPSA) is 53.4 Å². The molecule has 0 bridgehead atoms. The molecule has 2 aromatic rings. The molecular formula is C14H11Cl2F3N2O3. The van der Waals surface area contributed by atoms with Crippen molar-refractivity contribution in [1.82, 2.24) is 9.78 Å². The number of aryl methyl sites for hydroxylation is 1. The largest absolute Gasteiger partial charge is 0.573 e. The molecule has 0 aliphatic carbocycles. The molecule has 1 aromatic heterocycles. The molecule has 2 rings (SSSR count). The van der Waals surface area contributed by atoms with Crippen LogP contribution in [0.1, 0.15) is 23.1 Å². The Balaban J connectivity index is 2.44. The molecule has 0 aliphatic rings. The summed E-state index contributed by atoms with van der Waals surface area (Å²) in [5, 5.41) is 3.79. The van der Waals surface area contributed by atoms with Gasteiger partial charge >= 0.3 is 12.3 Å². The highest BCUT2D eigenvalue weighted by atomic mass is 35.5. The molecule has 0 unspecified atom stereocenters. The van der Waals surface area contributed by atoms with Crippen LogP contribution in [-0.4, -0.2) is 28.7 Å². The number of ether oxygens (including phenoxy) is 2. The monoisotopic (exact) mass is 382 g/mol. The third-order valence-electron chi connectivity index (χ3n) is 2.81. The van der Waals surface area contributed by atoms with Crippen LogP contribution in [0.15, 0.2) is 18.2 Å². The van der Waals surface area contributed by atoms with Crippen LogP contribution in [0, 0.1) is 6.92 Å². The van der Waals surface area contributed by atoms with Gasteiger partial charge < -0.3 is 9.47 Å². The Hall–Kier alpha value is -1.93. The Morgan fingerprint density at radius 3 is 2.33 bits per heavy atom. The maximum Gasteiger partial charge on any atom is 0.573 e. The lowest BCUT2D eigenvalue weighted by Gasteiger charge is -2.13. The first-order valence-electron chi connectivity index (χ1n) is 6.61. The molecule has 0 saturated carbocycles. The fraction of sp³-hybridized carbons (Fsp3) is 0.286. The van der Waals surface area contributed by atoms with Crippen molar-refractivity contribution in [3.63, 3.8) is 0 Å². The van der Waals surface area contributed by atoms with E-state index in [-0.39, 0.29) is 28.0 Å². The third kappa shape index (κ3) is 4.12. The Bertz CT molecular complexity index is 752. The zero-order valence-corrected chi connectivity index (χ0v) is 14.0. The molecule has 10 heteroatoms. The van der Waals surface area contributed by atoms with E-state index in [1.165, 1.54) is 10.7 Å². The van der Waals surface area contributed by atoms with Gasteiger partial charge in [-0.1, -0.05) is 23.2 Å². The van der Waals surface area contributed by atoms with Crippen molar-refractivity contribution in [3.05, 3.63) is 39.6 Å². The molecule has 5 nitrogen and oxygen atoms in total. The first kappa shape index (κ1) is 18.4. The van der Waals surface area contributed by atoms with Crippen molar-refractivity contribution >= 4 is 29.2 Å². The van der Waals surface area contributed by atoms with Gasteiger partial charge in [0.25, 0.3) is 0 Å². The van der Waals surface area contributed by atoms with E-state index in [0.717, 1.165) is 12.1 Å². The molecule has 0 aliphatic heterocycles. The lowest BCUT2D eigenvalue weighted by Crippen LogP contribution is -2.17. The van der Waals surface area contributed by atoms with Crippen LogP contribution in [0.25, 0.3) is 5.69 Å². The number of carbonyl (C=O) groups excluding carboxylic acids is 1. The predicted molar refractivity (Wildman–Crippen MR) is 81.0 cm³/mol. The van der Waals surface area contributed by atoms with E-state index < -0.39 is 18.1 Å². The van der Waals surface area contributed by atoms with Crippen LogP contribution in [0.2, 0.25) is 10.0 Å². The highest BCUT2D eigenvalue weighted by Gasteiger charge is 2.32. The maximum atomic E-state index is 12.3. The van der Waals surface area contributed by atoms with Gasteiger partial charge in [-0.3, -0.25) is 0 Å². The summed E-state index contributed by atoms with van der Waals surface area (Å²) in [7, 11) is 0. The van der Waals surface area contributed by atoms with Crippen molar-refractivity contribution < 1.29 is 27.4 Å². The van der Waals surface area contributed by atoms with Crippen molar-refractivity contribution in [2.75, 3.05) is 6.61 Å². The van der Waals surface area contributed by atoms with Gasteiger partial charge in [-0.2, -0.15) is 5.10 Å². The summed E-state index contributed by atoms with van der Waals surface area (Å²) >= 11 is 12.0. The minimum absolute atomic E-state index is 0.0251. The summed E-state index contributed by atoms with van der Waals surface area (Å²) in [4.78, 5) is 11.7. The van der Waals surface area contributed by atoms with Gasteiger partial charge in [0.2, 0.25) is 0 Å². The van der Waals surface area contributed by atoms with Crippen LogP contribution >= 0.6 is 23.2 Å². The van der Waals surface area contributed by atoms with Gasteiger partial charge in [-0.15, -0.1) is 13.2 Å². The van der Waals surface area contributed by atoms with E-state index in [1.807, 2.05) is 0 Å². The zero-order valence-electron chi connectivity index (χ0n) is 12.4. The van der Waals surface area contributed by atoms with E-state index in [0.29, 0.717) is 5.69 Å². The number of hydrogen-bond acceptors (Lipinski definition) is 4. The first-order valence-corrected chi connectivity index (χ1v) is 7.37. The number of esters is 1. The lowest BCUT2D eigenvalue weighted by molar-refractivity contribution is -0.274. The SMILES string of the molecule is CCOC(=O)c1cc(C)n(-c2c(Cl)cc(OC(F)(F)F)cc2Cl)n1. The van der Waals surface area contributed by atoms with Gasteiger partial charge in [0, 0.05) is 17.8 Å². The number of alkyl halides is 3. The molecule has 1 aromatic carbocycles. The number of carbonyl (C=O) groups is 1.